The molecule has 0 heterocycles. The highest BCUT2D eigenvalue weighted by Crippen LogP contribution is 2.21. The first-order valence-corrected chi connectivity index (χ1v) is 6.04. The number of hydrazine groups is 1. The number of carbonyl (C=O) groups is 1. The van der Waals surface area contributed by atoms with E-state index in [1.54, 1.807) is 7.11 Å². The standard InChI is InChI=1S/C12H18N4O4/c1-8(5-6-20-2)14-12(17)10-7-9(16(18)19)3-4-11(10)15-13/h3-4,7-8,15H,5-6,13H2,1-2H3,(H,14,17). The predicted octanol–water partition coefficient (Wildman–Crippen LogP) is 1.04. The van der Waals surface area contributed by atoms with E-state index in [0.717, 1.165) is 0 Å². The SMILES string of the molecule is COCCC(C)NC(=O)c1cc([N+](=O)[O-])ccc1NN. The maximum Gasteiger partial charge on any atom is 0.270 e. The Labute approximate surface area is 116 Å². The summed E-state index contributed by atoms with van der Waals surface area (Å²) in [5.41, 5.74) is 2.64. The van der Waals surface area contributed by atoms with E-state index >= 15 is 0 Å². The fourth-order valence-electron chi connectivity index (χ4n) is 1.63. The Morgan fingerprint density at radius 1 is 1.55 bits per heavy atom. The van der Waals surface area contributed by atoms with Crippen molar-refractivity contribution in [2.75, 3.05) is 19.1 Å². The van der Waals surface area contributed by atoms with Gasteiger partial charge in [-0.25, -0.2) is 0 Å². The number of nitrogens with one attached hydrogen (secondary N) is 2. The smallest absolute Gasteiger partial charge is 0.270 e. The number of amides is 1. The Kier molecular flexibility index (Phi) is 5.88. The fourth-order valence-corrected chi connectivity index (χ4v) is 1.63. The number of carbonyl (C=O) groups excluding carboxylic acids is 1. The van der Waals surface area contributed by atoms with Crippen molar-refractivity contribution in [3.05, 3.63) is 33.9 Å². The van der Waals surface area contributed by atoms with Gasteiger partial charge >= 0.3 is 0 Å². The van der Waals surface area contributed by atoms with Crippen molar-refractivity contribution in [3.8, 4) is 0 Å². The maximum atomic E-state index is 12.1. The molecule has 1 rings (SSSR count). The maximum absolute atomic E-state index is 12.1. The number of nitrogens with zero attached hydrogens (tertiary/aromatic N) is 1. The van der Waals surface area contributed by atoms with Crippen LogP contribution in [0.5, 0.6) is 0 Å². The second-order valence-corrected chi connectivity index (χ2v) is 4.29. The predicted molar refractivity (Wildman–Crippen MR) is 74.3 cm³/mol. The molecular weight excluding hydrogens is 264 g/mol. The highest BCUT2D eigenvalue weighted by Gasteiger charge is 2.17. The van der Waals surface area contributed by atoms with Crippen LogP contribution in [-0.4, -0.2) is 30.6 Å². The molecule has 0 aliphatic carbocycles. The largest absolute Gasteiger partial charge is 0.385 e. The summed E-state index contributed by atoms with van der Waals surface area (Å²) >= 11 is 0. The molecule has 4 N–H and O–H groups in total. The third-order valence-corrected chi connectivity index (χ3v) is 2.75. The first-order chi connectivity index (χ1) is 9.49. The van der Waals surface area contributed by atoms with Crippen LogP contribution in [0, 0.1) is 10.1 Å². The molecule has 1 unspecified atom stereocenters. The average Bonchev–Trinajstić information content (AvgIpc) is 2.44. The van der Waals surface area contributed by atoms with Gasteiger partial charge < -0.3 is 15.5 Å². The van der Waals surface area contributed by atoms with E-state index in [1.807, 2.05) is 6.92 Å². The number of methoxy groups -OCH3 is 1. The van der Waals surface area contributed by atoms with Gasteiger partial charge in [-0.1, -0.05) is 0 Å². The monoisotopic (exact) mass is 282 g/mol. The molecule has 1 aromatic rings. The number of hydrogen-bond donors (Lipinski definition) is 3. The van der Waals surface area contributed by atoms with Gasteiger partial charge in [0.25, 0.3) is 11.6 Å². The molecule has 8 nitrogen and oxygen atoms in total. The number of anilines is 1. The van der Waals surface area contributed by atoms with Crippen LogP contribution in [0.15, 0.2) is 18.2 Å². The van der Waals surface area contributed by atoms with Crippen LogP contribution in [0.2, 0.25) is 0 Å². The van der Waals surface area contributed by atoms with Gasteiger partial charge in [0.15, 0.2) is 0 Å². The van der Waals surface area contributed by atoms with Crippen molar-refractivity contribution in [1.29, 1.82) is 0 Å². The lowest BCUT2D eigenvalue weighted by Crippen LogP contribution is -2.34. The summed E-state index contributed by atoms with van der Waals surface area (Å²) in [5, 5.41) is 13.5. The molecular formula is C12H18N4O4. The van der Waals surface area contributed by atoms with Gasteiger partial charge in [0.1, 0.15) is 0 Å². The van der Waals surface area contributed by atoms with E-state index in [1.165, 1.54) is 18.2 Å². The molecule has 1 amide bonds. The molecule has 0 fully saturated rings. The molecule has 1 atom stereocenters. The van der Waals surface area contributed by atoms with Crippen molar-refractivity contribution < 1.29 is 14.5 Å². The number of non-ortho nitro benzene ring substituents is 1. The van der Waals surface area contributed by atoms with Crippen molar-refractivity contribution in [3.63, 3.8) is 0 Å². The molecule has 0 bridgehead atoms. The van der Waals surface area contributed by atoms with Crippen LogP contribution in [0.1, 0.15) is 23.7 Å². The van der Waals surface area contributed by atoms with Gasteiger partial charge in [-0.3, -0.25) is 20.8 Å². The molecule has 0 saturated heterocycles. The van der Waals surface area contributed by atoms with Gasteiger partial charge in [-0.15, -0.1) is 0 Å². The Morgan fingerprint density at radius 3 is 2.80 bits per heavy atom. The zero-order valence-electron chi connectivity index (χ0n) is 11.4. The molecule has 0 aromatic heterocycles. The normalized spacial score (nSPS) is 11.8. The van der Waals surface area contributed by atoms with E-state index in [0.29, 0.717) is 18.7 Å². The lowest BCUT2D eigenvalue weighted by atomic mass is 10.1. The van der Waals surface area contributed by atoms with Crippen LogP contribution in [0.3, 0.4) is 0 Å². The number of benzene rings is 1. The first-order valence-electron chi connectivity index (χ1n) is 6.04. The minimum Gasteiger partial charge on any atom is -0.385 e. The third-order valence-electron chi connectivity index (χ3n) is 2.75. The molecule has 0 saturated carbocycles. The highest BCUT2D eigenvalue weighted by atomic mass is 16.6. The van der Waals surface area contributed by atoms with Crippen molar-refractivity contribution in [2.24, 2.45) is 5.84 Å². The Hall–Kier alpha value is -2.19. The van der Waals surface area contributed by atoms with Gasteiger partial charge in [0.05, 0.1) is 16.2 Å². The van der Waals surface area contributed by atoms with Gasteiger partial charge in [-0.05, 0) is 19.4 Å². The Balaban J connectivity index is 2.89. The molecule has 0 radical (unpaired) electrons. The quantitative estimate of drug-likeness (QED) is 0.390. The number of ether oxygens (including phenoxy) is 1. The summed E-state index contributed by atoms with van der Waals surface area (Å²) in [6, 6.07) is 3.74. The Morgan fingerprint density at radius 2 is 2.25 bits per heavy atom. The third kappa shape index (κ3) is 4.18. The van der Waals surface area contributed by atoms with Crippen molar-refractivity contribution in [1.82, 2.24) is 5.32 Å². The summed E-state index contributed by atoms with van der Waals surface area (Å²) in [5.74, 6) is 4.88. The van der Waals surface area contributed by atoms with E-state index in [-0.39, 0.29) is 17.3 Å². The summed E-state index contributed by atoms with van der Waals surface area (Å²) in [6.07, 6.45) is 0.641. The first kappa shape index (κ1) is 15.9. The molecule has 1 aromatic carbocycles. The van der Waals surface area contributed by atoms with E-state index in [2.05, 4.69) is 10.7 Å². The minimum absolute atomic E-state index is 0.118. The van der Waals surface area contributed by atoms with Crippen molar-refractivity contribution in [2.45, 2.75) is 19.4 Å². The molecule has 8 heteroatoms. The second kappa shape index (κ2) is 7.41. The number of nitro benzene ring substituents is 1. The highest BCUT2D eigenvalue weighted by molar-refractivity contribution is 6.00. The average molecular weight is 282 g/mol. The zero-order valence-corrected chi connectivity index (χ0v) is 11.4. The van der Waals surface area contributed by atoms with Crippen LogP contribution < -0.4 is 16.6 Å². The lowest BCUT2D eigenvalue weighted by Gasteiger charge is -2.15. The zero-order chi connectivity index (χ0) is 15.1. The molecule has 110 valence electrons. The van der Waals surface area contributed by atoms with E-state index < -0.39 is 10.8 Å². The van der Waals surface area contributed by atoms with Gasteiger partial charge in [0, 0.05) is 31.9 Å². The van der Waals surface area contributed by atoms with Gasteiger partial charge in [0.2, 0.25) is 0 Å². The van der Waals surface area contributed by atoms with Crippen LogP contribution in [0.25, 0.3) is 0 Å². The fraction of sp³-hybridized carbons (Fsp3) is 0.417. The molecule has 20 heavy (non-hydrogen) atoms. The summed E-state index contributed by atoms with van der Waals surface area (Å²) in [4.78, 5) is 22.3. The number of nitrogen functional groups attached to an aromatic ring is 1. The molecule has 0 aliphatic heterocycles. The number of nitrogens with two attached hydrogens (primary N) is 1. The molecule has 0 spiro atoms. The van der Waals surface area contributed by atoms with Crippen LogP contribution in [0.4, 0.5) is 11.4 Å². The van der Waals surface area contributed by atoms with Crippen molar-refractivity contribution >= 4 is 17.3 Å². The lowest BCUT2D eigenvalue weighted by molar-refractivity contribution is -0.384. The molecule has 0 aliphatic rings. The topological polar surface area (TPSA) is 120 Å². The second-order valence-electron chi connectivity index (χ2n) is 4.29. The number of nitro groups is 1. The van der Waals surface area contributed by atoms with Crippen LogP contribution in [-0.2, 0) is 4.74 Å². The van der Waals surface area contributed by atoms with E-state index in [9.17, 15) is 14.9 Å². The minimum atomic E-state index is -0.564. The summed E-state index contributed by atoms with van der Waals surface area (Å²) in [6.45, 7) is 2.34. The summed E-state index contributed by atoms with van der Waals surface area (Å²) < 4.78 is 4.92. The Bertz CT molecular complexity index is 492. The summed E-state index contributed by atoms with van der Waals surface area (Å²) in [7, 11) is 1.57. The van der Waals surface area contributed by atoms with Crippen LogP contribution >= 0.6 is 0 Å². The van der Waals surface area contributed by atoms with E-state index in [4.69, 9.17) is 10.6 Å². The number of hydrogen-bond acceptors (Lipinski definition) is 6. The van der Waals surface area contributed by atoms with Gasteiger partial charge in [-0.2, -0.15) is 0 Å². The number of rotatable bonds is 7.